The van der Waals surface area contributed by atoms with Gasteiger partial charge in [0.05, 0.1) is 0 Å². The van der Waals surface area contributed by atoms with Gasteiger partial charge in [0.1, 0.15) is 0 Å². The van der Waals surface area contributed by atoms with Crippen LogP contribution in [0.5, 0.6) is 0 Å². The van der Waals surface area contributed by atoms with E-state index < -0.39 is 0 Å². The Bertz CT molecular complexity index is 192. The van der Waals surface area contributed by atoms with Crippen LogP contribution < -0.4 is 0 Å². The van der Waals surface area contributed by atoms with Crippen molar-refractivity contribution in [3.63, 3.8) is 0 Å². The van der Waals surface area contributed by atoms with Crippen molar-refractivity contribution >= 4 is 0 Å². The lowest BCUT2D eigenvalue weighted by Crippen LogP contribution is -1.88. The fourth-order valence-corrected chi connectivity index (χ4v) is 1.71. The summed E-state index contributed by atoms with van der Waals surface area (Å²) in [6.45, 7) is 8.93. The molecule has 0 aliphatic heterocycles. The van der Waals surface area contributed by atoms with Crippen LogP contribution in [0.3, 0.4) is 0 Å². The number of rotatable bonds is 2. The molecule has 0 saturated heterocycles. The molecule has 0 aromatic carbocycles. The van der Waals surface area contributed by atoms with E-state index >= 15 is 0 Å². The van der Waals surface area contributed by atoms with E-state index in [1.807, 2.05) is 13.0 Å². The molecule has 0 spiro atoms. The molecule has 1 saturated carbocycles. The summed E-state index contributed by atoms with van der Waals surface area (Å²) in [5.41, 5.74) is 4.86. The smallest absolute Gasteiger partial charge is 0.00527 e. The van der Waals surface area contributed by atoms with Gasteiger partial charge in [-0.2, -0.15) is 0 Å². The molecule has 1 rings (SSSR count). The average molecular weight is 150 g/mol. The standard InChI is InChI=1S/C11H18/c1-5-6-10-9(4)11(10)7-8(2)3/h5,8-9,11H,7H2,1-4H3. The Morgan fingerprint density at radius 2 is 2.18 bits per heavy atom. The molecule has 2 atom stereocenters. The highest BCUT2D eigenvalue weighted by Gasteiger charge is 2.39. The summed E-state index contributed by atoms with van der Waals surface area (Å²) >= 11 is 0. The molecule has 1 aliphatic carbocycles. The first kappa shape index (κ1) is 8.62. The van der Waals surface area contributed by atoms with Crippen molar-refractivity contribution in [2.24, 2.45) is 17.8 Å². The average Bonchev–Trinajstić information content (AvgIpc) is 2.45. The van der Waals surface area contributed by atoms with Crippen LogP contribution in [0.4, 0.5) is 0 Å². The van der Waals surface area contributed by atoms with Crippen molar-refractivity contribution in [1.29, 1.82) is 0 Å². The van der Waals surface area contributed by atoms with Gasteiger partial charge in [0.15, 0.2) is 0 Å². The maximum absolute atomic E-state index is 3.32. The van der Waals surface area contributed by atoms with E-state index in [-0.39, 0.29) is 0 Å². The van der Waals surface area contributed by atoms with Gasteiger partial charge in [-0.25, -0.2) is 0 Å². The Hall–Kier alpha value is -0.480. The highest BCUT2D eigenvalue weighted by atomic mass is 14.4. The van der Waals surface area contributed by atoms with Crippen LogP contribution in [-0.4, -0.2) is 0 Å². The third-order valence-corrected chi connectivity index (χ3v) is 2.42. The van der Waals surface area contributed by atoms with Gasteiger partial charge >= 0.3 is 0 Å². The molecule has 0 N–H and O–H groups in total. The normalized spacial score (nSPS) is 28.6. The van der Waals surface area contributed by atoms with E-state index in [0.29, 0.717) is 0 Å². The molecular weight excluding hydrogens is 132 g/mol. The largest absolute Gasteiger partial charge is 0.126 e. The first-order valence-corrected chi connectivity index (χ1v) is 4.58. The van der Waals surface area contributed by atoms with Crippen LogP contribution in [-0.2, 0) is 0 Å². The van der Waals surface area contributed by atoms with Gasteiger partial charge in [-0.3, -0.25) is 0 Å². The minimum atomic E-state index is 0.814. The van der Waals surface area contributed by atoms with Crippen LogP contribution in [0.2, 0.25) is 0 Å². The predicted molar refractivity (Wildman–Crippen MR) is 49.4 cm³/mol. The van der Waals surface area contributed by atoms with Crippen molar-refractivity contribution in [1.82, 2.24) is 0 Å². The summed E-state index contributed by atoms with van der Waals surface area (Å²) in [6.07, 6.45) is 3.38. The number of allylic oxidation sites excluding steroid dienone is 1. The minimum Gasteiger partial charge on any atom is -0.126 e. The second-order valence-corrected chi connectivity index (χ2v) is 3.91. The summed E-state index contributed by atoms with van der Waals surface area (Å²) in [5.74, 6) is 2.50. The predicted octanol–water partition coefficient (Wildman–Crippen LogP) is 3.40. The van der Waals surface area contributed by atoms with E-state index in [2.05, 4.69) is 26.5 Å². The fraction of sp³-hybridized carbons (Fsp3) is 0.727. The summed E-state index contributed by atoms with van der Waals surface area (Å²) in [4.78, 5) is 0. The Balaban J connectivity index is 2.49. The Kier molecular flexibility index (Phi) is 2.57. The third-order valence-electron chi connectivity index (χ3n) is 2.42. The van der Waals surface area contributed by atoms with Crippen molar-refractivity contribution in [3.8, 4) is 0 Å². The van der Waals surface area contributed by atoms with E-state index in [0.717, 1.165) is 17.8 Å². The summed E-state index contributed by atoms with van der Waals surface area (Å²) in [6, 6.07) is 0. The van der Waals surface area contributed by atoms with Crippen molar-refractivity contribution in [2.75, 3.05) is 0 Å². The molecule has 0 aromatic rings. The Morgan fingerprint density at radius 1 is 1.55 bits per heavy atom. The summed E-state index contributed by atoms with van der Waals surface area (Å²) in [5, 5.41) is 0. The molecule has 0 nitrogen and oxygen atoms in total. The quantitative estimate of drug-likeness (QED) is 0.529. The summed E-state index contributed by atoms with van der Waals surface area (Å²) < 4.78 is 0. The zero-order chi connectivity index (χ0) is 8.43. The first-order valence-electron chi connectivity index (χ1n) is 4.58. The molecule has 0 heteroatoms. The van der Waals surface area contributed by atoms with E-state index in [4.69, 9.17) is 0 Å². The van der Waals surface area contributed by atoms with E-state index in [9.17, 15) is 0 Å². The maximum atomic E-state index is 3.32. The lowest BCUT2D eigenvalue weighted by Gasteiger charge is -1.99. The molecule has 0 bridgehead atoms. The zero-order valence-corrected chi connectivity index (χ0v) is 8.02. The molecule has 1 aliphatic rings. The van der Waals surface area contributed by atoms with Gasteiger partial charge in [0.2, 0.25) is 0 Å². The van der Waals surface area contributed by atoms with Gasteiger partial charge in [-0.1, -0.05) is 20.8 Å². The molecule has 11 heavy (non-hydrogen) atoms. The SMILES string of the molecule is CC=C=C1C(C)C1CC(C)C. The molecule has 62 valence electrons. The van der Waals surface area contributed by atoms with Gasteiger partial charge in [0.25, 0.3) is 0 Å². The Morgan fingerprint density at radius 3 is 2.64 bits per heavy atom. The van der Waals surface area contributed by atoms with Gasteiger partial charge in [0, 0.05) is 0 Å². The second kappa shape index (κ2) is 3.28. The van der Waals surface area contributed by atoms with Gasteiger partial charge in [-0.05, 0) is 42.7 Å². The maximum Gasteiger partial charge on any atom is -0.00527 e. The van der Waals surface area contributed by atoms with Crippen molar-refractivity contribution in [2.45, 2.75) is 34.1 Å². The third kappa shape index (κ3) is 1.97. The molecule has 2 unspecified atom stereocenters. The number of hydrogen-bond acceptors (Lipinski definition) is 0. The molecular formula is C11H18. The van der Waals surface area contributed by atoms with Crippen LogP contribution in [0, 0.1) is 17.8 Å². The fourth-order valence-electron chi connectivity index (χ4n) is 1.71. The van der Waals surface area contributed by atoms with Crippen LogP contribution in [0.25, 0.3) is 0 Å². The van der Waals surface area contributed by atoms with Crippen molar-refractivity contribution < 1.29 is 0 Å². The van der Waals surface area contributed by atoms with Gasteiger partial charge in [-0.15, -0.1) is 5.73 Å². The highest BCUT2D eigenvalue weighted by molar-refractivity contribution is 5.27. The van der Waals surface area contributed by atoms with Gasteiger partial charge < -0.3 is 0 Å². The molecule has 0 heterocycles. The second-order valence-electron chi connectivity index (χ2n) is 3.91. The number of hydrogen-bond donors (Lipinski definition) is 0. The first-order chi connectivity index (χ1) is 5.16. The van der Waals surface area contributed by atoms with E-state index in [1.165, 1.54) is 6.42 Å². The lowest BCUT2D eigenvalue weighted by atomic mass is 10.1. The monoisotopic (exact) mass is 150 g/mol. The Labute approximate surface area is 70.0 Å². The zero-order valence-electron chi connectivity index (χ0n) is 8.02. The van der Waals surface area contributed by atoms with Crippen LogP contribution >= 0.6 is 0 Å². The molecule has 1 fully saturated rings. The topological polar surface area (TPSA) is 0 Å². The van der Waals surface area contributed by atoms with Crippen LogP contribution in [0.15, 0.2) is 17.4 Å². The molecule has 0 aromatic heterocycles. The summed E-state index contributed by atoms with van der Waals surface area (Å²) in [7, 11) is 0. The van der Waals surface area contributed by atoms with Crippen molar-refractivity contribution in [3.05, 3.63) is 17.4 Å². The highest BCUT2D eigenvalue weighted by Crippen LogP contribution is 2.48. The lowest BCUT2D eigenvalue weighted by molar-refractivity contribution is 0.525. The molecule has 0 amide bonds. The minimum absolute atomic E-state index is 0.814. The van der Waals surface area contributed by atoms with Crippen LogP contribution in [0.1, 0.15) is 34.1 Å². The van der Waals surface area contributed by atoms with E-state index in [1.54, 1.807) is 5.57 Å². The molecule has 0 radical (unpaired) electrons.